The first-order valence-electron chi connectivity index (χ1n) is 7.92. The van der Waals surface area contributed by atoms with Gasteiger partial charge in [0.05, 0.1) is 6.42 Å². The summed E-state index contributed by atoms with van der Waals surface area (Å²) in [6, 6.07) is 2.91. The average Bonchev–Trinajstić information content (AvgIpc) is 2.96. The van der Waals surface area contributed by atoms with E-state index in [2.05, 4.69) is 10.1 Å². The maximum atomic E-state index is 12.6. The molecule has 26 heavy (non-hydrogen) atoms. The Morgan fingerprint density at radius 1 is 1.50 bits per heavy atom. The number of pyridine rings is 1. The summed E-state index contributed by atoms with van der Waals surface area (Å²) in [5.41, 5.74) is 0.677. The number of hydrazone groups is 1. The van der Waals surface area contributed by atoms with Gasteiger partial charge in [0.25, 0.3) is 5.69 Å². The molecule has 0 bridgehead atoms. The molecule has 0 fully saturated rings. The lowest BCUT2D eigenvalue weighted by Crippen LogP contribution is -2.44. The SMILES string of the molecule is CCN(C(=O)CC(CC(F)(F)F)SC)C1C=[N+](c2cccnc2)N=C1Cl. The number of hydrogen-bond acceptors (Lipinski definition) is 4. The Labute approximate surface area is 158 Å². The van der Waals surface area contributed by atoms with Crippen molar-refractivity contribution in [1.29, 1.82) is 0 Å². The van der Waals surface area contributed by atoms with Gasteiger partial charge in [-0.15, -0.1) is 0 Å². The van der Waals surface area contributed by atoms with Crippen molar-refractivity contribution >= 4 is 46.3 Å². The molecule has 2 rings (SSSR count). The van der Waals surface area contributed by atoms with Crippen LogP contribution in [-0.2, 0) is 4.79 Å². The zero-order chi connectivity index (χ0) is 19.3. The van der Waals surface area contributed by atoms with E-state index in [-0.39, 0.29) is 11.6 Å². The van der Waals surface area contributed by atoms with Gasteiger partial charge < -0.3 is 4.90 Å². The molecule has 1 aliphatic rings. The van der Waals surface area contributed by atoms with Gasteiger partial charge in [-0.25, -0.2) is 0 Å². The van der Waals surface area contributed by atoms with Crippen LogP contribution in [0.25, 0.3) is 0 Å². The van der Waals surface area contributed by atoms with E-state index in [1.807, 2.05) is 0 Å². The highest BCUT2D eigenvalue weighted by Gasteiger charge is 2.38. The molecule has 142 valence electrons. The van der Waals surface area contributed by atoms with Crippen LogP contribution in [0, 0.1) is 0 Å². The van der Waals surface area contributed by atoms with Crippen LogP contribution in [-0.4, -0.2) is 62.1 Å². The molecule has 10 heteroatoms. The summed E-state index contributed by atoms with van der Waals surface area (Å²) >= 11 is 7.23. The number of rotatable bonds is 7. The molecule has 2 unspecified atom stereocenters. The lowest BCUT2D eigenvalue weighted by atomic mass is 10.2. The molecular weight excluding hydrogens is 389 g/mol. The summed E-state index contributed by atoms with van der Waals surface area (Å²) in [7, 11) is 0. The van der Waals surface area contributed by atoms with Crippen LogP contribution in [0.2, 0.25) is 0 Å². The first-order valence-corrected chi connectivity index (χ1v) is 9.59. The minimum atomic E-state index is -4.30. The summed E-state index contributed by atoms with van der Waals surface area (Å²) < 4.78 is 39.4. The van der Waals surface area contributed by atoms with Gasteiger partial charge in [0.15, 0.2) is 6.04 Å². The molecule has 0 N–H and O–H groups in total. The Morgan fingerprint density at radius 2 is 2.23 bits per heavy atom. The van der Waals surface area contributed by atoms with E-state index in [9.17, 15) is 18.0 Å². The first kappa shape index (κ1) is 20.7. The van der Waals surface area contributed by atoms with E-state index in [1.54, 1.807) is 43.9 Å². The molecule has 0 aromatic carbocycles. The fourth-order valence-electron chi connectivity index (χ4n) is 2.57. The van der Waals surface area contributed by atoms with Crippen LogP contribution < -0.4 is 0 Å². The van der Waals surface area contributed by atoms with Gasteiger partial charge in [-0.05, 0) is 19.2 Å². The molecule has 2 heterocycles. The third kappa shape index (κ3) is 5.44. The van der Waals surface area contributed by atoms with Crippen molar-refractivity contribution < 1.29 is 22.7 Å². The Bertz CT molecular complexity index is 696. The van der Waals surface area contributed by atoms with E-state index < -0.39 is 29.8 Å². The molecule has 2 atom stereocenters. The number of carbonyl (C=O) groups is 1. The Hall–Kier alpha value is -1.61. The number of halogens is 4. The highest BCUT2D eigenvalue weighted by Crippen LogP contribution is 2.29. The van der Waals surface area contributed by atoms with Gasteiger partial charge in [0, 0.05) is 35.6 Å². The molecule has 1 aromatic heterocycles. The standard InChI is InChI=1S/C16H19ClF3N4OS/c1-3-23(14(25)7-12(26-2)8-16(18,19)20)13-10-24(22-15(13)17)11-5-4-6-21-9-11/h4-6,9-10,12-13H,3,7-8H2,1-2H3/q+1. The van der Waals surface area contributed by atoms with E-state index in [0.29, 0.717) is 12.2 Å². The molecule has 1 amide bonds. The second kappa shape index (κ2) is 8.85. The van der Waals surface area contributed by atoms with E-state index >= 15 is 0 Å². The van der Waals surface area contributed by atoms with Crippen molar-refractivity contribution in [3.8, 4) is 0 Å². The Balaban J connectivity index is 2.13. The van der Waals surface area contributed by atoms with Crippen molar-refractivity contribution in [2.75, 3.05) is 12.8 Å². The van der Waals surface area contributed by atoms with E-state index in [1.165, 1.54) is 9.58 Å². The first-order chi connectivity index (χ1) is 12.2. The molecular formula is C16H19ClF3N4OS+. The maximum absolute atomic E-state index is 12.6. The summed E-state index contributed by atoms with van der Waals surface area (Å²) in [5.74, 6) is -0.390. The second-order valence-electron chi connectivity index (χ2n) is 5.63. The summed E-state index contributed by atoms with van der Waals surface area (Å²) in [6.45, 7) is 2.06. The van der Waals surface area contributed by atoms with Crippen LogP contribution in [0.3, 0.4) is 0 Å². The number of hydrogen-bond donors (Lipinski definition) is 0. The lowest BCUT2D eigenvalue weighted by Gasteiger charge is -2.25. The monoisotopic (exact) mass is 407 g/mol. The normalized spacial score (nSPS) is 18.3. The van der Waals surface area contributed by atoms with Gasteiger partial charge in [0.1, 0.15) is 6.20 Å². The topological polar surface area (TPSA) is 48.6 Å². The number of nitrogens with zero attached hydrogens (tertiary/aromatic N) is 4. The predicted octanol–water partition coefficient (Wildman–Crippen LogP) is 3.65. The quantitative estimate of drug-likeness (QED) is 0.648. The molecule has 0 radical (unpaired) electrons. The number of thioether (sulfide) groups is 1. The van der Waals surface area contributed by atoms with Crippen molar-refractivity contribution in [2.24, 2.45) is 5.10 Å². The molecule has 0 aliphatic carbocycles. The van der Waals surface area contributed by atoms with Crippen molar-refractivity contribution in [1.82, 2.24) is 9.88 Å². The highest BCUT2D eigenvalue weighted by atomic mass is 35.5. The molecule has 0 saturated carbocycles. The summed E-state index contributed by atoms with van der Waals surface area (Å²) in [4.78, 5) is 18.0. The van der Waals surface area contributed by atoms with Gasteiger partial charge in [-0.2, -0.15) is 24.9 Å². The number of aromatic nitrogens is 1. The smallest absolute Gasteiger partial charge is 0.324 e. The van der Waals surface area contributed by atoms with E-state index in [4.69, 9.17) is 11.6 Å². The third-order valence-corrected chi connectivity index (χ3v) is 5.13. The number of alkyl halides is 3. The van der Waals surface area contributed by atoms with Crippen LogP contribution in [0.4, 0.5) is 18.9 Å². The fraction of sp³-hybridized carbons (Fsp3) is 0.500. The lowest BCUT2D eigenvalue weighted by molar-refractivity contribution is -0.437. The van der Waals surface area contributed by atoms with Crippen molar-refractivity contribution in [3.63, 3.8) is 0 Å². The minimum absolute atomic E-state index is 0.181. The van der Waals surface area contributed by atoms with Crippen LogP contribution in [0.1, 0.15) is 19.8 Å². The second-order valence-corrected chi connectivity index (χ2v) is 7.16. The molecule has 1 aromatic rings. The summed E-state index contributed by atoms with van der Waals surface area (Å²) in [5, 5.41) is 3.54. The van der Waals surface area contributed by atoms with Crippen LogP contribution in [0.15, 0.2) is 29.6 Å². The predicted molar refractivity (Wildman–Crippen MR) is 97.3 cm³/mol. The number of carbonyl (C=O) groups excluding carboxylic acids is 1. The van der Waals surface area contributed by atoms with Crippen LogP contribution in [0.5, 0.6) is 0 Å². The van der Waals surface area contributed by atoms with Crippen molar-refractivity contribution in [3.05, 3.63) is 24.5 Å². The molecule has 1 aliphatic heterocycles. The average molecular weight is 408 g/mol. The van der Waals surface area contributed by atoms with E-state index in [0.717, 1.165) is 11.8 Å². The molecule has 5 nitrogen and oxygen atoms in total. The highest BCUT2D eigenvalue weighted by molar-refractivity contribution is 7.99. The van der Waals surface area contributed by atoms with Gasteiger partial charge >= 0.3 is 6.18 Å². The Morgan fingerprint density at radius 3 is 2.77 bits per heavy atom. The minimum Gasteiger partial charge on any atom is -0.324 e. The van der Waals surface area contributed by atoms with Crippen molar-refractivity contribution in [2.45, 2.75) is 37.2 Å². The largest absolute Gasteiger partial charge is 0.390 e. The molecule has 0 saturated heterocycles. The number of amides is 1. The van der Waals surface area contributed by atoms with Gasteiger partial charge in [0.2, 0.25) is 17.3 Å². The fourth-order valence-corrected chi connectivity index (χ4v) is 3.49. The zero-order valence-corrected chi connectivity index (χ0v) is 15.9. The third-order valence-electron chi connectivity index (χ3n) is 3.83. The van der Waals surface area contributed by atoms with Gasteiger partial charge in [-0.1, -0.05) is 16.3 Å². The zero-order valence-electron chi connectivity index (χ0n) is 14.3. The van der Waals surface area contributed by atoms with Crippen LogP contribution >= 0.6 is 23.4 Å². The molecule has 0 spiro atoms. The maximum Gasteiger partial charge on any atom is 0.390 e. The summed E-state index contributed by atoms with van der Waals surface area (Å²) in [6.07, 6.45) is 0.913. The Kier molecular flexibility index (Phi) is 7.05. The van der Waals surface area contributed by atoms with Gasteiger partial charge in [-0.3, -0.25) is 9.78 Å².